The maximum atomic E-state index is 8.64. The molecule has 1 aromatic heterocycles. The van der Waals surface area contributed by atoms with Crippen LogP contribution in [0.4, 0.5) is 5.82 Å². The Morgan fingerprint density at radius 3 is 2.87 bits per heavy atom. The van der Waals surface area contributed by atoms with Gasteiger partial charge in [-0.3, -0.25) is 0 Å². The van der Waals surface area contributed by atoms with Crippen LogP contribution in [0.2, 0.25) is 0 Å². The molecule has 0 fully saturated rings. The molecule has 1 heterocycles. The summed E-state index contributed by atoms with van der Waals surface area (Å²) in [6.07, 6.45) is 5.32. The largest absolute Gasteiger partial charge is 0.393 e. The van der Waals surface area contributed by atoms with E-state index >= 15 is 0 Å². The molecule has 1 aromatic rings. The van der Waals surface area contributed by atoms with Crippen molar-refractivity contribution < 1.29 is 0 Å². The Hall–Kier alpha value is -2.02. The quantitative estimate of drug-likeness (QED) is 0.803. The number of anilines is 1. The summed E-state index contributed by atoms with van der Waals surface area (Å²) in [4.78, 5) is 6.18. The summed E-state index contributed by atoms with van der Waals surface area (Å²) in [5, 5.41) is 11.6. The number of aromatic nitrogens is 1. The second-order valence-electron chi connectivity index (χ2n) is 2.91. The minimum atomic E-state index is 0.576. The lowest BCUT2D eigenvalue weighted by Crippen LogP contribution is -2.17. The fourth-order valence-electron chi connectivity index (χ4n) is 1.13. The summed E-state index contributed by atoms with van der Waals surface area (Å²) < 4.78 is 0. The first kappa shape index (κ1) is 11.1. The molecular formula is C11H14N4. The molecule has 0 aliphatic rings. The predicted molar refractivity (Wildman–Crippen MR) is 60.2 cm³/mol. The molecule has 0 saturated carbocycles. The van der Waals surface area contributed by atoms with Gasteiger partial charge in [-0.2, -0.15) is 5.26 Å². The highest BCUT2D eigenvalue weighted by Crippen LogP contribution is 2.10. The standard InChI is InChI=1S/C11H14N4/c1-3-15(7-6-13-2)11-5-4-10(8-12)9-14-11/h4-7,9,13H,3H2,1-2H3/b7-6+. The molecule has 0 atom stereocenters. The Kier molecular flexibility index (Phi) is 4.17. The summed E-state index contributed by atoms with van der Waals surface area (Å²) in [6, 6.07) is 5.64. The third-order valence-corrected chi connectivity index (χ3v) is 1.93. The van der Waals surface area contributed by atoms with Crippen molar-refractivity contribution in [3.05, 3.63) is 36.3 Å². The number of hydrogen-bond acceptors (Lipinski definition) is 4. The molecule has 0 aromatic carbocycles. The first-order valence-electron chi connectivity index (χ1n) is 4.78. The van der Waals surface area contributed by atoms with Gasteiger partial charge in [-0.25, -0.2) is 4.98 Å². The van der Waals surface area contributed by atoms with Gasteiger partial charge in [0.1, 0.15) is 11.9 Å². The fraction of sp³-hybridized carbons (Fsp3) is 0.273. The third kappa shape index (κ3) is 2.99. The monoisotopic (exact) mass is 202 g/mol. The van der Waals surface area contributed by atoms with E-state index in [-0.39, 0.29) is 0 Å². The average Bonchev–Trinajstić information content (AvgIpc) is 2.31. The molecule has 0 spiro atoms. The highest BCUT2D eigenvalue weighted by atomic mass is 15.2. The Bertz CT molecular complexity index is 361. The normalized spacial score (nSPS) is 9.93. The van der Waals surface area contributed by atoms with E-state index in [1.807, 2.05) is 43.4 Å². The molecule has 0 radical (unpaired) electrons. The number of nitrogens with one attached hydrogen (secondary N) is 1. The van der Waals surface area contributed by atoms with Crippen LogP contribution in [0.25, 0.3) is 0 Å². The van der Waals surface area contributed by atoms with Gasteiger partial charge in [0.2, 0.25) is 0 Å². The Morgan fingerprint density at radius 1 is 1.60 bits per heavy atom. The van der Waals surface area contributed by atoms with Crippen molar-refractivity contribution in [3.8, 4) is 6.07 Å². The molecular weight excluding hydrogens is 188 g/mol. The van der Waals surface area contributed by atoms with Crippen molar-refractivity contribution in [2.24, 2.45) is 0 Å². The number of pyridine rings is 1. The van der Waals surface area contributed by atoms with E-state index in [0.29, 0.717) is 5.56 Å². The Balaban J connectivity index is 2.84. The smallest absolute Gasteiger partial charge is 0.132 e. The van der Waals surface area contributed by atoms with E-state index in [4.69, 9.17) is 5.26 Å². The summed E-state index contributed by atoms with van der Waals surface area (Å²) >= 11 is 0. The number of nitriles is 1. The van der Waals surface area contributed by atoms with E-state index in [9.17, 15) is 0 Å². The van der Waals surface area contributed by atoms with Crippen molar-refractivity contribution in [2.75, 3.05) is 18.5 Å². The first-order chi connectivity index (χ1) is 7.31. The van der Waals surface area contributed by atoms with Gasteiger partial charge in [0, 0.05) is 32.2 Å². The Labute approximate surface area is 89.9 Å². The maximum Gasteiger partial charge on any atom is 0.132 e. The van der Waals surface area contributed by atoms with E-state index in [0.717, 1.165) is 12.4 Å². The molecule has 78 valence electrons. The fourth-order valence-corrected chi connectivity index (χ4v) is 1.13. The average molecular weight is 202 g/mol. The van der Waals surface area contributed by atoms with Crippen LogP contribution in [0.1, 0.15) is 12.5 Å². The highest BCUT2D eigenvalue weighted by molar-refractivity contribution is 5.44. The van der Waals surface area contributed by atoms with Crippen LogP contribution in [0.5, 0.6) is 0 Å². The van der Waals surface area contributed by atoms with Crippen molar-refractivity contribution in [3.63, 3.8) is 0 Å². The maximum absolute atomic E-state index is 8.64. The van der Waals surface area contributed by atoms with E-state index in [1.165, 1.54) is 0 Å². The highest BCUT2D eigenvalue weighted by Gasteiger charge is 2.01. The van der Waals surface area contributed by atoms with E-state index in [2.05, 4.69) is 10.3 Å². The van der Waals surface area contributed by atoms with E-state index < -0.39 is 0 Å². The zero-order valence-electron chi connectivity index (χ0n) is 8.94. The van der Waals surface area contributed by atoms with Gasteiger partial charge in [-0.1, -0.05) is 0 Å². The van der Waals surface area contributed by atoms with Crippen LogP contribution in [0.3, 0.4) is 0 Å². The van der Waals surface area contributed by atoms with Crippen LogP contribution in [-0.2, 0) is 0 Å². The van der Waals surface area contributed by atoms with Crippen LogP contribution in [0.15, 0.2) is 30.7 Å². The van der Waals surface area contributed by atoms with Gasteiger partial charge in [0.05, 0.1) is 5.56 Å². The van der Waals surface area contributed by atoms with Crippen LogP contribution >= 0.6 is 0 Å². The van der Waals surface area contributed by atoms with Crippen molar-refractivity contribution in [1.82, 2.24) is 10.3 Å². The first-order valence-corrected chi connectivity index (χ1v) is 4.78. The molecule has 1 rings (SSSR count). The number of nitrogens with zero attached hydrogens (tertiary/aromatic N) is 3. The van der Waals surface area contributed by atoms with Crippen LogP contribution in [0, 0.1) is 11.3 Å². The minimum Gasteiger partial charge on any atom is -0.393 e. The molecule has 0 amide bonds. The predicted octanol–water partition coefficient (Wildman–Crippen LogP) is 1.47. The second kappa shape index (κ2) is 5.66. The van der Waals surface area contributed by atoms with Gasteiger partial charge < -0.3 is 10.2 Å². The van der Waals surface area contributed by atoms with Gasteiger partial charge in [-0.05, 0) is 19.1 Å². The molecule has 0 bridgehead atoms. The zero-order chi connectivity index (χ0) is 11.1. The van der Waals surface area contributed by atoms with Gasteiger partial charge >= 0.3 is 0 Å². The molecule has 4 nitrogen and oxygen atoms in total. The SMILES string of the molecule is CCN(/C=C/NC)c1ccc(C#N)cn1. The van der Waals surface area contributed by atoms with Gasteiger partial charge in [0.25, 0.3) is 0 Å². The molecule has 0 aliphatic carbocycles. The minimum absolute atomic E-state index is 0.576. The lowest BCUT2D eigenvalue weighted by molar-refractivity contribution is 0.963. The van der Waals surface area contributed by atoms with Crippen molar-refractivity contribution >= 4 is 5.82 Å². The lowest BCUT2D eigenvalue weighted by atomic mass is 10.3. The zero-order valence-corrected chi connectivity index (χ0v) is 8.94. The molecule has 0 saturated heterocycles. The molecule has 15 heavy (non-hydrogen) atoms. The molecule has 1 N–H and O–H groups in total. The van der Waals surface area contributed by atoms with Gasteiger partial charge in [0.15, 0.2) is 0 Å². The van der Waals surface area contributed by atoms with Crippen LogP contribution < -0.4 is 10.2 Å². The Morgan fingerprint density at radius 2 is 2.40 bits per heavy atom. The third-order valence-electron chi connectivity index (χ3n) is 1.93. The summed E-state index contributed by atoms with van der Waals surface area (Å²) in [5.74, 6) is 0.836. The molecule has 0 unspecified atom stereocenters. The summed E-state index contributed by atoms with van der Waals surface area (Å²) in [7, 11) is 1.84. The molecule has 0 aliphatic heterocycles. The summed E-state index contributed by atoms with van der Waals surface area (Å²) in [6.45, 7) is 2.87. The number of rotatable bonds is 4. The second-order valence-corrected chi connectivity index (χ2v) is 2.91. The number of hydrogen-bond donors (Lipinski definition) is 1. The molecule has 4 heteroatoms. The topological polar surface area (TPSA) is 52.0 Å². The van der Waals surface area contributed by atoms with Crippen molar-refractivity contribution in [1.29, 1.82) is 5.26 Å². The van der Waals surface area contributed by atoms with E-state index in [1.54, 1.807) is 12.3 Å². The van der Waals surface area contributed by atoms with Crippen molar-refractivity contribution in [2.45, 2.75) is 6.92 Å². The summed E-state index contributed by atoms with van der Waals surface area (Å²) in [5.41, 5.74) is 0.576. The lowest BCUT2D eigenvalue weighted by Gasteiger charge is -2.16. The van der Waals surface area contributed by atoms with Gasteiger partial charge in [-0.15, -0.1) is 0 Å². The van der Waals surface area contributed by atoms with Crippen LogP contribution in [-0.4, -0.2) is 18.6 Å².